The van der Waals surface area contributed by atoms with Crippen LogP contribution in [0.15, 0.2) is 18.2 Å². The number of benzene rings is 1. The molecule has 0 aromatic heterocycles. The van der Waals surface area contributed by atoms with Gasteiger partial charge >= 0.3 is 6.03 Å². The molecule has 0 spiro atoms. The van der Waals surface area contributed by atoms with Crippen LogP contribution in [0, 0.1) is 6.92 Å². The molecule has 1 aromatic carbocycles. The number of hydrogen-bond donors (Lipinski definition) is 3. The van der Waals surface area contributed by atoms with Gasteiger partial charge in [-0.05, 0) is 30.2 Å². The molecular formula is C10H10N2O3. The van der Waals surface area contributed by atoms with Crippen LogP contribution in [0.25, 0.3) is 0 Å². The van der Waals surface area contributed by atoms with Crippen molar-refractivity contribution >= 4 is 11.9 Å². The average molecular weight is 206 g/mol. The highest BCUT2D eigenvalue weighted by Gasteiger charge is 2.31. The van der Waals surface area contributed by atoms with Gasteiger partial charge in [0.1, 0.15) is 11.8 Å². The first kappa shape index (κ1) is 9.51. The van der Waals surface area contributed by atoms with Crippen LogP contribution >= 0.6 is 0 Å². The molecule has 0 radical (unpaired) electrons. The SMILES string of the molecule is Cc1cc(O)ccc1C1NC(=O)NC1=O. The number of carbonyl (C=O) groups is 2. The highest BCUT2D eigenvalue weighted by atomic mass is 16.3. The summed E-state index contributed by atoms with van der Waals surface area (Å²) in [6.45, 7) is 1.77. The molecule has 5 heteroatoms. The molecule has 1 aliphatic rings. The van der Waals surface area contributed by atoms with Crippen molar-refractivity contribution in [2.75, 3.05) is 0 Å². The summed E-state index contributed by atoms with van der Waals surface area (Å²) in [5, 5.41) is 13.9. The third-order valence-electron chi connectivity index (χ3n) is 2.34. The molecule has 1 unspecified atom stereocenters. The zero-order valence-electron chi connectivity index (χ0n) is 8.07. The Labute approximate surface area is 86.1 Å². The van der Waals surface area contributed by atoms with Gasteiger partial charge in [0.05, 0.1) is 0 Å². The molecule has 5 nitrogen and oxygen atoms in total. The summed E-state index contributed by atoms with van der Waals surface area (Å²) in [6, 6.07) is 3.52. The number of phenols is 1. The van der Waals surface area contributed by atoms with Gasteiger partial charge in [-0.3, -0.25) is 10.1 Å². The summed E-state index contributed by atoms with van der Waals surface area (Å²) >= 11 is 0. The molecule has 1 fully saturated rings. The van der Waals surface area contributed by atoms with Gasteiger partial charge in [-0.25, -0.2) is 4.79 Å². The van der Waals surface area contributed by atoms with Gasteiger partial charge in [0.15, 0.2) is 0 Å². The second-order valence-corrected chi connectivity index (χ2v) is 3.44. The lowest BCUT2D eigenvalue weighted by atomic mass is 10.0. The lowest BCUT2D eigenvalue weighted by Crippen LogP contribution is -2.22. The molecule has 1 atom stereocenters. The van der Waals surface area contributed by atoms with Crippen molar-refractivity contribution in [1.82, 2.24) is 10.6 Å². The summed E-state index contributed by atoms with van der Waals surface area (Å²) in [7, 11) is 0. The van der Waals surface area contributed by atoms with E-state index in [9.17, 15) is 14.7 Å². The molecule has 3 amide bonds. The van der Waals surface area contributed by atoms with E-state index >= 15 is 0 Å². The van der Waals surface area contributed by atoms with Gasteiger partial charge in [0.25, 0.3) is 5.91 Å². The summed E-state index contributed by atoms with van der Waals surface area (Å²) in [6.07, 6.45) is 0. The topological polar surface area (TPSA) is 78.4 Å². The van der Waals surface area contributed by atoms with Crippen LogP contribution in [0.5, 0.6) is 5.75 Å². The second-order valence-electron chi connectivity index (χ2n) is 3.44. The molecule has 1 heterocycles. The minimum Gasteiger partial charge on any atom is -0.508 e. The van der Waals surface area contributed by atoms with Gasteiger partial charge in [-0.15, -0.1) is 0 Å². The van der Waals surface area contributed by atoms with E-state index < -0.39 is 12.1 Å². The van der Waals surface area contributed by atoms with Gasteiger partial charge in [-0.1, -0.05) is 6.07 Å². The Bertz CT molecular complexity index is 442. The van der Waals surface area contributed by atoms with Gasteiger partial charge in [-0.2, -0.15) is 0 Å². The molecule has 0 saturated carbocycles. The van der Waals surface area contributed by atoms with E-state index in [0.29, 0.717) is 5.56 Å². The number of nitrogens with one attached hydrogen (secondary N) is 2. The van der Waals surface area contributed by atoms with Gasteiger partial charge < -0.3 is 10.4 Å². The fourth-order valence-electron chi connectivity index (χ4n) is 1.62. The minimum absolute atomic E-state index is 0.140. The van der Waals surface area contributed by atoms with E-state index in [2.05, 4.69) is 10.6 Å². The lowest BCUT2D eigenvalue weighted by molar-refractivity contribution is -0.120. The Morgan fingerprint density at radius 1 is 1.33 bits per heavy atom. The van der Waals surface area contributed by atoms with Crippen molar-refractivity contribution in [1.29, 1.82) is 0 Å². The molecule has 1 saturated heterocycles. The fourth-order valence-corrected chi connectivity index (χ4v) is 1.62. The lowest BCUT2D eigenvalue weighted by Gasteiger charge is -2.10. The Kier molecular flexibility index (Phi) is 2.07. The average Bonchev–Trinajstić information content (AvgIpc) is 2.45. The highest BCUT2D eigenvalue weighted by Crippen LogP contribution is 2.23. The van der Waals surface area contributed by atoms with Crippen molar-refractivity contribution in [3.8, 4) is 5.75 Å². The van der Waals surface area contributed by atoms with Crippen LogP contribution < -0.4 is 10.6 Å². The largest absolute Gasteiger partial charge is 0.508 e. The normalized spacial score (nSPS) is 19.9. The maximum Gasteiger partial charge on any atom is 0.322 e. The third-order valence-corrected chi connectivity index (χ3v) is 2.34. The van der Waals surface area contributed by atoms with Crippen molar-refractivity contribution < 1.29 is 14.7 Å². The zero-order chi connectivity index (χ0) is 11.0. The summed E-state index contributed by atoms with van der Waals surface area (Å²) < 4.78 is 0. The van der Waals surface area contributed by atoms with E-state index in [1.807, 2.05) is 0 Å². The maximum atomic E-state index is 11.4. The first-order valence-corrected chi connectivity index (χ1v) is 4.49. The van der Waals surface area contributed by atoms with Gasteiger partial charge in [0.2, 0.25) is 0 Å². The van der Waals surface area contributed by atoms with Crippen molar-refractivity contribution in [2.45, 2.75) is 13.0 Å². The fraction of sp³-hybridized carbons (Fsp3) is 0.200. The number of urea groups is 1. The Hall–Kier alpha value is -2.04. The highest BCUT2D eigenvalue weighted by molar-refractivity contribution is 6.04. The predicted molar refractivity (Wildman–Crippen MR) is 52.3 cm³/mol. The number of rotatable bonds is 1. The summed E-state index contributed by atoms with van der Waals surface area (Å²) in [5.74, 6) is -0.227. The number of aromatic hydroxyl groups is 1. The Morgan fingerprint density at radius 2 is 2.07 bits per heavy atom. The van der Waals surface area contributed by atoms with Crippen LogP contribution in [0.1, 0.15) is 17.2 Å². The van der Waals surface area contributed by atoms with E-state index in [-0.39, 0.29) is 11.7 Å². The minimum atomic E-state index is -0.655. The second kappa shape index (κ2) is 3.27. The molecular weight excluding hydrogens is 196 g/mol. The van der Waals surface area contributed by atoms with Gasteiger partial charge in [0, 0.05) is 0 Å². The van der Waals surface area contributed by atoms with Crippen LogP contribution in [-0.2, 0) is 4.79 Å². The van der Waals surface area contributed by atoms with Crippen LogP contribution in [0.3, 0.4) is 0 Å². The molecule has 1 aromatic rings. The summed E-state index contributed by atoms with van der Waals surface area (Å²) in [4.78, 5) is 22.3. The smallest absolute Gasteiger partial charge is 0.322 e. The van der Waals surface area contributed by atoms with Crippen molar-refractivity contribution in [3.63, 3.8) is 0 Å². The van der Waals surface area contributed by atoms with Crippen LogP contribution in [-0.4, -0.2) is 17.0 Å². The predicted octanol–water partition coefficient (Wildman–Crippen LogP) is 0.581. The molecule has 1 aliphatic heterocycles. The first-order chi connectivity index (χ1) is 7.08. The number of imide groups is 1. The third kappa shape index (κ3) is 1.63. The standard InChI is InChI=1S/C10H10N2O3/c1-5-4-6(13)2-3-7(5)8-9(14)12-10(15)11-8/h2-4,8,13H,1H3,(H2,11,12,14,15). The van der Waals surface area contributed by atoms with E-state index in [4.69, 9.17) is 0 Å². The number of aryl methyl sites for hydroxylation is 1. The number of carbonyl (C=O) groups excluding carboxylic acids is 2. The number of amides is 3. The molecule has 3 N–H and O–H groups in total. The quantitative estimate of drug-likeness (QED) is 0.588. The molecule has 0 aliphatic carbocycles. The van der Waals surface area contributed by atoms with E-state index in [1.54, 1.807) is 19.1 Å². The van der Waals surface area contributed by atoms with E-state index in [1.165, 1.54) is 6.07 Å². The van der Waals surface area contributed by atoms with Crippen molar-refractivity contribution in [3.05, 3.63) is 29.3 Å². The summed E-state index contributed by atoms with van der Waals surface area (Å²) in [5.41, 5.74) is 1.45. The molecule has 15 heavy (non-hydrogen) atoms. The Morgan fingerprint density at radius 3 is 2.60 bits per heavy atom. The maximum absolute atomic E-state index is 11.4. The van der Waals surface area contributed by atoms with Crippen LogP contribution in [0.4, 0.5) is 4.79 Å². The Balaban J connectivity index is 2.38. The van der Waals surface area contributed by atoms with Crippen LogP contribution in [0.2, 0.25) is 0 Å². The van der Waals surface area contributed by atoms with E-state index in [0.717, 1.165) is 5.56 Å². The molecule has 78 valence electrons. The first-order valence-electron chi connectivity index (χ1n) is 4.49. The number of phenolic OH excluding ortho intramolecular Hbond substituents is 1. The molecule has 0 bridgehead atoms. The zero-order valence-corrected chi connectivity index (χ0v) is 8.07. The molecule has 2 rings (SSSR count). The monoisotopic (exact) mass is 206 g/mol. The number of hydrogen-bond acceptors (Lipinski definition) is 3. The van der Waals surface area contributed by atoms with Crippen molar-refractivity contribution in [2.24, 2.45) is 0 Å².